The van der Waals surface area contributed by atoms with Gasteiger partial charge in [0.15, 0.2) is 0 Å². The Balaban J connectivity index is 1.55. The van der Waals surface area contributed by atoms with Crippen molar-refractivity contribution in [3.05, 3.63) is 70.2 Å². The normalized spacial score (nSPS) is 17.6. The zero-order valence-electron chi connectivity index (χ0n) is 20.7. The summed E-state index contributed by atoms with van der Waals surface area (Å²) in [5.74, 6) is 0.540. The van der Waals surface area contributed by atoms with Crippen molar-refractivity contribution in [1.82, 2.24) is 5.32 Å². The van der Waals surface area contributed by atoms with Crippen LogP contribution in [0.2, 0.25) is 0 Å². The summed E-state index contributed by atoms with van der Waals surface area (Å²) in [5.41, 5.74) is 11.1. The third-order valence-electron chi connectivity index (χ3n) is 6.77. The topological polar surface area (TPSA) is 64.3 Å². The number of carbonyl (C=O) groups is 1. The first kappa shape index (κ1) is 26.0. The fraction of sp³-hybridized carbons (Fsp3) is 0.483. The number of aryl methyl sites for hydroxylation is 1. The number of nitrogens with one attached hydrogen (secondary N) is 1. The number of hydrogen-bond donors (Lipinski definition) is 2. The average molecular weight is 467 g/mol. The van der Waals surface area contributed by atoms with Crippen molar-refractivity contribution in [2.24, 2.45) is 11.7 Å². The number of halogens is 1. The lowest BCUT2D eigenvalue weighted by Crippen LogP contribution is -2.25. The van der Waals surface area contributed by atoms with Crippen LogP contribution in [0.3, 0.4) is 0 Å². The SMILES string of the molecule is C\C=C/C(=C\C(N)=C(/C)CCCNC(=O)CCC1CCOCC1)c1ccc2c(c1F)C=CCC2. The van der Waals surface area contributed by atoms with Crippen LogP contribution in [0.5, 0.6) is 0 Å². The van der Waals surface area contributed by atoms with Crippen LogP contribution in [-0.2, 0) is 16.0 Å². The van der Waals surface area contributed by atoms with E-state index in [0.717, 1.165) is 74.9 Å². The summed E-state index contributed by atoms with van der Waals surface area (Å²) < 4.78 is 20.6. The number of amides is 1. The molecule has 0 spiro atoms. The second kappa shape index (κ2) is 13.3. The number of fused-ring (bicyclic) bond motifs is 1. The maximum atomic E-state index is 15.3. The Bertz CT molecular complexity index is 969. The van der Waals surface area contributed by atoms with E-state index < -0.39 is 0 Å². The summed E-state index contributed by atoms with van der Waals surface area (Å²) in [4.78, 5) is 12.1. The minimum atomic E-state index is -0.188. The van der Waals surface area contributed by atoms with Gasteiger partial charge in [-0.2, -0.15) is 0 Å². The maximum absolute atomic E-state index is 15.3. The number of nitrogens with two attached hydrogens (primary N) is 1. The van der Waals surface area contributed by atoms with Crippen LogP contribution in [0.15, 0.2) is 47.7 Å². The first-order chi connectivity index (χ1) is 16.5. The lowest BCUT2D eigenvalue weighted by molar-refractivity contribution is -0.121. The van der Waals surface area contributed by atoms with Crippen molar-refractivity contribution in [3.63, 3.8) is 0 Å². The van der Waals surface area contributed by atoms with Crippen molar-refractivity contribution in [3.8, 4) is 0 Å². The van der Waals surface area contributed by atoms with E-state index in [9.17, 15) is 4.79 Å². The van der Waals surface area contributed by atoms with Crippen LogP contribution in [-0.4, -0.2) is 25.7 Å². The molecule has 0 saturated carbocycles. The molecule has 1 heterocycles. The molecule has 2 aliphatic rings. The van der Waals surface area contributed by atoms with E-state index in [1.54, 1.807) is 0 Å². The van der Waals surface area contributed by atoms with Gasteiger partial charge in [0.05, 0.1) is 0 Å². The number of ether oxygens (including phenoxy) is 1. The van der Waals surface area contributed by atoms with Gasteiger partial charge in [0, 0.05) is 43.0 Å². The molecular formula is C29H39FN2O2. The van der Waals surface area contributed by atoms with Crippen molar-refractivity contribution in [2.75, 3.05) is 19.8 Å². The minimum Gasteiger partial charge on any atom is -0.399 e. The van der Waals surface area contributed by atoms with Gasteiger partial charge in [-0.05, 0) is 81.9 Å². The minimum absolute atomic E-state index is 0.119. The molecule has 1 aromatic rings. The monoisotopic (exact) mass is 466 g/mol. The van der Waals surface area contributed by atoms with Gasteiger partial charge in [-0.1, -0.05) is 42.0 Å². The fourth-order valence-corrected chi connectivity index (χ4v) is 4.56. The summed E-state index contributed by atoms with van der Waals surface area (Å²) >= 11 is 0. The van der Waals surface area contributed by atoms with Gasteiger partial charge in [0.25, 0.3) is 0 Å². The molecule has 184 valence electrons. The molecule has 34 heavy (non-hydrogen) atoms. The number of hydrogen-bond acceptors (Lipinski definition) is 3. The van der Waals surface area contributed by atoms with Crippen LogP contribution in [0, 0.1) is 11.7 Å². The average Bonchev–Trinajstić information content (AvgIpc) is 2.86. The highest BCUT2D eigenvalue weighted by atomic mass is 19.1. The smallest absolute Gasteiger partial charge is 0.220 e. The van der Waals surface area contributed by atoms with E-state index in [2.05, 4.69) is 5.32 Å². The van der Waals surface area contributed by atoms with Gasteiger partial charge < -0.3 is 15.8 Å². The van der Waals surface area contributed by atoms with Gasteiger partial charge in [-0.3, -0.25) is 4.79 Å². The van der Waals surface area contributed by atoms with Crippen molar-refractivity contribution < 1.29 is 13.9 Å². The molecule has 3 rings (SSSR count). The Labute approximate surface area is 203 Å². The molecular weight excluding hydrogens is 427 g/mol. The van der Waals surface area contributed by atoms with Gasteiger partial charge in [-0.15, -0.1) is 0 Å². The lowest BCUT2D eigenvalue weighted by Gasteiger charge is -2.21. The van der Waals surface area contributed by atoms with E-state index in [-0.39, 0.29) is 11.7 Å². The van der Waals surface area contributed by atoms with E-state index in [1.165, 1.54) is 0 Å². The predicted molar refractivity (Wildman–Crippen MR) is 138 cm³/mol. The number of benzene rings is 1. The van der Waals surface area contributed by atoms with Crippen LogP contribution < -0.4 is 11.1 Å². The van der Waals surface area contributed by atoms with E-state index in [4.69, 9.17) is 10.5 Å². The molecule has 0 unspecified atom stereocenters. The lowest BCUT2D eigenvalue weighted by atomic mass is 9.91. The first-order valence-corrected chi connectivity index (χ1v) is 12.6. The Morgan fingerprint density at radius 2 is 2.06 bits per heavy atom. The molecule has 5 heteroatoms. The Hall–Kier alpha value is -2.66. The molecule has 0 atom stereocenters. The molecule has 1 fully saturated rings. The van der Waals surface area contributed by atoms with Gasteiger partial charge in [0.1, 0.15) is 5.82 Å². The van der Waals surface area contributed by atoms with E-state index >= 15 is 4.39 Å². The number of carbonyl (C=O) groups excluding carboxylic acids is 1. The highest BCUT2D eigenvalue weighted by molar-refractivity contribution is 5.78. The molecule has 0 bridgehead atoms. The van der Waals surface area contributed by atoms with Gasteiger partial charge in [0.2, 0.25) is 5.91 Å². The highest BCUT2D eigenvalue weighted by Crippen LogP contribution is 2.29. The highest BCUT2D eigenvalue weighted by Gasteiger charge is 2.16. The third-order valence-corrected chi connectivity index (χ3v) is 6.77. The molecule has 0 radical (unpaired) electrons. The van der Waals surface area contributed by atoms with Gasteiger partial charge in [-0.25, -0.2) is 4.39 Å². The molecule has 0 aromatic heterocycles. The number of rotatable bonds is 10. The van der Waals surface area contributed by atoms with Crippen molar-refractivity contribution >= 4 is 17.6 Å². The number of allylic oxidation sites excluding steroid dienone is 6. The second-order valence-corrected chi connectivity index (χ2v) is 9.32. The summed E-state index contributed by atoms with van der Waals surface area (Å²) in [7, 11) is 0. The summed E-state index contributed by atoms with van der Waals surface area (Å²) in [6.07, 6.45) is 16.6. The Morgan fingerprint density at radius 3 is 2.82 bits per heavy atom. The fourth-order valence-electron chi connectivity index (χ4n) is 4.56. The molecule has 1 aliphatic carbocycles. The van der Waals surface area contributed by atoms with Gasteiger partial charge >= 0.3 is 0 Å². The van der Waals surface area contributed by atoms with Crippen molar-refractivity contribution in [2.45, 2.75) is 65.2 Å². The van der Waals surface area contributed by atoms with Crippen LogP contribution in [0.25, 0.3) is 11.6 Å². The van der Waals surface area contributed by atoms with E-state index in [1.807, 2.05) is 56.4 Å². The zero-order valence-corrected chi connectivity index (χ0v) is 20.7. The zero-order chi connectivity index (χ0) is 24.3. The predicted octanol–water partition coefficient (Wildman–Crippen LogP) is 6.08. The first-order valence-electron chi connectivity index (χ1n) is 12.6. The standard InChI is InChI=1S/C29H39FN2O2/c1-3-7-24(26-13-12-23-9-4-5-10-25(23)29(26)30)20-27(31)21(2)8-6-17-32-28(33)14-11-22-15-18-34-19-16-22/h3,5,7,10,12-13,20,22H,4,6,8-9,11,14-19,31H2,1-2H3,(H,32,33)/b7-3-,24-20+,27-21-. The largest absolute Gasteiger partial charge is 0.399 e. The molecule has 1 aromatic carbocycles. The molecule has 1 amide bonds. The maximum Gasteiger partial charge on any atom is 0.220 e. The summed E-state index contributed by atoms with van der Waals surface area (Å²) in [6, 6.07) is 3.88. The quantitative estimate of drug-likeness (QED) is 0.324. The van der Waals surface area contributed by atoms with E-state index in [0.29, 0.717) is 35.7 Å². The third kappa shape index (κ3) is 7.42. The van der Waals surface area contributed by atoms with Crippen LogP contribution >= 0.6 is 0 Å². The second-order valence-electron chi connectivity index (χ2n) is 9.32. The molecule has 1 aliphatic heterocycles. The molecule has 4 nitrogen and oxygen atoms in total. The Kier molecular flexibility index (Phi) is 10.1. The van der Waals surface area contributed by atoms with Crippen LogP contribution in [0.4, 0.5) is 4.39 Å². The van der Waals surface area contributed by atoms with Crippen molar-refractivity contribution in [1.29, 1.82) is 0 Å². The molecule has 1 saturated heterocycles. The summed E-state index contributed by atoms with van der Waals surface area (Å²) in [6.45, 7) is 6.19. The van der Waals surface area contributed by atoms with Crippen LogP contribution in [0.1, 0.15) is 75.5 Å². The molecule has 3 N–H and O–H groups in total. The Morgan fingerprint density at radius 1 is 1.26 bits per heavy atom. The summed E-state index contributed by atoms with van der Waals surface area (Å²) in [5, 5.41) is 3.02.